The van der Waals surface area contributed by atoms with E-state index in [4.69, 9.17) is 5.73 Å². The molecule has 1 aliphatic heterocycles. The van der Waals surface area contributed by atoms with E-state index >= 15 is 0 Å². The second kappa shape index (κ2) is 5.98. The van der Waals surface area contributed by atoms with Crippen LogP contribution in [0.25, 0.3) is 0 Å². The monoisotopic (exact) mass is 247 g/mol. The van der Waals surface area contributed by atoms with Gasteiger partial charge in [-0.1, -0.05) is 12.1 Å². The summed E-state index contributed by atoms with van der Waals surface area (Å²) < 4.78 is 0. The molecular weight excluding hydrogens is 226 g/mol. The molecule has 1 aliphatic rings. The number of nitrogens with two attached hydrogens (primary N) is 1. The molecule has 98 valence electrons. The first-order chi connectivity index (χ1) is 8.65. The van der Waals surface area contributed by atoms with E-state index in [0.717, 1.165) is 38.3 Å². The van der Waals surface area contributed by atoms with Crippen LogP contribution in [0.15, 0.2) is 24.3 Å². The lowest BCUT2D eigenvalue weighted by Gasteiger charge is -2.32. The van der Waals surface area contributed by atoms with Crippen LogP contribution in [-0.4, -0.2) is 55.4 Å². The van der Waals surface area contributed by atoms with Gasteiger partial charge in [0, 0.05) is 50.4 Å². The molecule has 1 aromatic rings. The molecule has 0 amide bonds. The topological polar surface area (TPSA) is 49.6 Å². The summed E-state index contributed by atoms with van der Waals surface area (Å²) in [5.41, 5.74) is 7.06. The number of benzene rings is 1. The molecule has 0 spiro atoms. The Morgan fingerprint density at radius 3 is 2.67 bits per heavy atom. The summed E-state index contributed by atoms with van der Waals surface area (Å²) in [7, 11) is 2.13. The summed E-state index contributed by atoms with van der Waals surface area (Å²) in [6.07, 6.45) is 0.577. The molecule has 1 saturated heterocycles. The summed E-state index contributed by atoms with van der Waals surface area (Å²) in [4.78, 5) is 16.7. The third kappa shape index (κ3) is 3.55. The largest absolute Gasteiger partial charge is 0.399 e. The van der Waals surface area contributed by atoms with E-state index in [9.17, 15) is 4.79 Å². The van der Waals surface area contributed by atoms with E-state index in [1.165, 1.54) is 0 Å². The van der Waals surface area contributed by atoms with Gasteiger partial charge in [0.1, 0.15) is 0 Å². The molecule has 0 bridgehead atoms. The van der Waals surface area contributed by atoms with Crippen LogP contribution in [0.3, 0.4) is 0 Å². The average molecular weight is 247 g/mol. The number of piperazine rings is 1. The molecular formula is C14H21N3O. The van der Waals surface area contributed by atoms with E-state index in [-0.39, 0.29) is 5.78 Å². The minimum atomic E-state index is 0.182. The van der Waals surface area contributed by atoms with Gasteiger partial charge in [0.15, 0.2) is 5.78 Å². The van der Waals surface area contributed by atoms with Crippen LogP contribution < -0.4 is 5.73 Å². The van der Waals surface area contributed by atoms with Crippen molar-refractivity contribution in [3.8, 4) is 0 Å². The Hall–Kier alpha value is -1.39. The van der Waals surface area contributed by atoms with Crippen molar-refractivity contribution in [2.24, 2.45) is 0 Å². The van der Waals surface area contributed by atoms with Gasteiger partial charge in [0.25, 0.3) is 0 Å². The molecule has 2 N–H and O–H groups in total. The van der Waals surface area contributed by atoms with E-state index in [0.29, 0.717) is 12.1 Å². The summed E-state index contributed by atoms with van der Waals surface area (Å²) in [6, 6.07) is 7.23. The lowest BCUT2D eigenvalue weighted by atomic mass is 10.1. The van der Waals surface area contributed by atoms with Gasteiger partial charge >= 0.3 is 0 Å². The SMILES string of the molecule is CN1CCN(CCC(=O)c2cccc(N)c2)CC1. The number of carbonyl (C=O) groups excluding carboxylic acids is 1. The predicted octanol–water partition coefficient (Wildman–Crippen LogP) is 1.09. The molecule has 4 heteroatoms. The zero-order chi connectivity index (χ0) is 13.0. The highest BCUT2D eigenvalue weighted by atomic mass is 16.1. The van der Waals surface area contributed by atoms with Crippen molar-refractivity contribution >= 4 is 11.5 Å². The molecule has 2 rings (SSSR count). The van der Waals surface area contributed by atoms with Crippen LogP contribution in [0, 0.1) is 0 Å². The molecule has 1 heterocycles. The zero-order valence-electron chi connectivity index (χ0n) is 10.9. The van der Waals surface area contributed by atoms with Crippen molar-refractivity contribution in [2.45, 2.75) is 6.42 Å². The maximum atomic E-state index is 12.0. The fraction of sp³-hybridized carbons (Fsp3) is 0.500. The van der Waals surface area contributed by atoms with E-state index < -0.39 is 0 Å². The summed E-state index contributed by atoms with van der Waals surface area (Å²) in [5.74, 6) is 0.182. The fourth-order valence-corrected chi connectivity index (χ4v) is 2.19. The Balaban J connectivity index is 1.81. The molecule has 18 heavy (non-hydrogen) atoms. The van der Waals surface area contributed by atoms with Gasteiger partial charge in [-0.15, -0.1) is 0 Å². The summed E-state index contributed by atoms with van der Waals surface area (Å²) >= 11 is 0. The second-order valence-electron chi connectivity index (χ2n) is 4.94. The van der Waals surface area contributed by atoms with Crippen molar-refractivity contribution < 1.29 is 4.79 Å². The standard InChI is InChI=1S/C14H21N3O/c1-16-7-9-17(10-8-16)6-5-14(18)12-3-2-4-13(15)11-12/h2-4,11H,5-10,15H2,1H3. The molecule has 1 aromatic carbocycles. The lowest BCUT2D eigenvalue weighted by molar-refractivity contribution is 0.0942. The van der Waals surface area contributed by atoms with Crippen LogP contribution in [0.2, 0.25) is 0 Å². The molecule has 1 fully saturated rings. The van der Waals surface area contributed by atoms with Gasteiger partial charge in [-0.25, -0.2) is 0 Å². The van der Waals surface area contributed by atoms with Crippen molar-refractivity contribution in [3.63, 3.8) is 0 Å². The minimum Gasteiger partial charge on any atom is -0.399 e. The van der Waals surface area contributed by atoms with Gasteiger partial charge in [0.05, 0.1) is 0 Å². The summed E-state index contributed by atoms with van der Waals surface area (Å²) in [6.45, 7) is 5.14. The first-order valence-corrected chi connectivity index (χ1v) is 6.45. The number of likely N-dealkylation sites (N-methyl/N-ethyl adjacent to an activating group) is 1. The van der Waals surface area contributed by atoms with Crippen LogP contribution in [0.1, 0.15) is 16.8 Å². The number of anilines is 1. The van der Waals surface area contributed by atoms with Crippen molar-refractivity contribution in [3.05, 3.63) is 29.8 Å². The van der Waals surface area contributed by atoms with E-state index in [1.807, 2.05) is 12.1 Å². The van der Waals surface area contributed by atoms with Crippen molar-refractivity contribution in [2.75, 3.05) is 45.5 Å². The maximum absolute atomic E-state index is 12.0. The average Bonchev–Trinajstić information content (AvgIpc) is 2.38. The van der Waals surface area contributed by atoms with Gasteiger partial charge in [0.2, 0.25) is 0 Å². The van der Waals surface area contributed by atoms with Gasteiger partial charge < -0.3 is 15.5 Å². The van der Waals surface area contributed by atoms with Crippen molar-refractivity contribution in [1.82, 2.24) is 9.80 Å². The zero-order valence-corrected chi connectivity index (χ0v) is 10.9. The third-order valence-corrected chi connectivity index (χ3v) is 3.46. The fourth-order valence-electron chi connectivity index (χ4n) is 2.19. The third-order valence-electron chi connectivity index (χ3n) is 3.46. The number of hydrogen-bond acceptors (Lipinski definition) is 4. The molecule has 0 aliphatic carbocycles. The van der Waals surface area contributed by atoms with Gasteiger partial charge in [-0.05, 0) is 19.2 Å². The van der Waals surface area contributed by atoms with Crippen LogP contribution in [0.4, 0.5) is 5.69 Å². The van der Waals surface area contributed by atoms with Gasteiger partial charge in [-0.3, -0.25) is 4.79 Å². The molecule has 0 atom stereocenters. The van der Waals surface area contributed by atoms with E-state index in [2.05, 4.69) is 16.8 Å². The molecule has 0 unspecified atom stereocenters. The lowest BCUT2D eigenvalue weighted by Crippen LogP contribution is -2.45. The molecule has 0 radical (unpaired) electrons. The van der Waals surface area contributed by atoms with Crippen LogP contribution >= 0.6 is 0 Å². The van der Waals surface area contributed by atoms with Crippen LogP contribution in [0.5, 0.6) is 0 Å². The number of nitrogens with zero attached hydrogens (tertiary/aromatic N) is 2. The highest BCUT2D eigenvalue weighted by molar-refractivity contribution is 5.96. The molecule has 0 aromatic heterocycles. The number of rotatable bonds is 4. The van der Waals surface area contributed by atoms with E-state index in [1.54, 1.807) is 12.1 Å². The normalized spacial score (nSPS) is 17.8. The molecule has 4 nitrogen and oxygen atoms in total. The first-order valence-electron chi connectivity index (χ1n) is 6.45. The quantitative estimate of drug-likeness (QED) is 0.639. The Kier molecular flexibility index (Phi) is 4.33. The van der Waals surface area contributed by atoms with Crippen molar-refractivity contribution in [1.29, 1.82) is 0 Å². The van der Waals surface area contributed by atoms with Gasteiger partial charge in [-0.2, -0.15) is 0 Å². The number of carbonyl (C=O) groups is 1. The second-order valence-corrected chi connectivity index (χ2v) is 4.94. The summed E-state index contributed by atoms with van der Waals surface area (Å²) in [5, 5.41) is 0. The highest BCUT2D eigenvalue weighted by Gasteiger charge is 2.15. The highest BCUT2D eigenvalue weighted by Crippen LogP contribution is 2.10. The van der Waals surface area contributed by atoms with Crippen LogP contribution in [-0.2, 0) is 0 Å². The predicted molar refractivity (Wildman–Crippen MR) is 73.7 cm³/mol. The Morgan fingerprint density at radius 1 is 1.28 bits per heavy atom. The number of ketones is 1. The molecule has 0 saturated carbocycles. The smallest absolute Gasteiger partial charge is 0.164 e. The Labute approximate surface area is 108 Å². The Bertz CT molecular complexity index is 411. The number of Topliss-reactive ketones (excluding diaryl/α,β-unsaturated/α-hetero) is 1. The number of nitrogen functional groups attached to an aromatic ring is 1. The Morgan fingerprint density at radius 2 is 2.00 bits per heavy atom. The first kappa shape index (κ1) is 13.1. The minimum absolute atomic E-state index is 0.182. The number of hydrogen-bond donors (Lipinski definition) is 1. The maximum Gasteiger partial charge on any atom is 0.164 e.